The van der Waals surface area contributed by atoms with Crippen LogP contribution in [0.15, 0.2) is 0 Å². The Morgan fingerprint density at radius 1 is 1.57 bits per heavy atom. The molecule has 0 amide bonds. The van der Waals surface area contributed by atoms with E-state index in [1.165, 1.54) is 18.3 Å². The highest BCUT2D eigenvalue weighted by Gasteiger charge is 2.26. The standard InChI is InChI=1S/C14H20N2O4S/c1-4-19-13(18)11-12(9(3)17)21-14(16-11)15-8(2)10-6-5-7-20-10/h8,10H,4-7H2,1-3H3,(H,15,16). The zero-order valence-corrected chi connectivity index (χ0v) is 13.3. The normalized spacial score (nSPS) is 19.3. The summed E-state index contributed by atoms with van der Waals surface area (Å²) in [6.07, 6.45) is 2.20. The summed E-state index contributed by atoms with van der Waals surface area (Å²) in [4.78, 5) is 28.0. The van der Waals surface area contributed by atoms with E-state index in [2.05, 4.69) is 10.3 Å². The van der Waals surface area contributed by atoms with Crippen molar-refractivity contribution in [1.29, 1.82) is 0 Å². The number of rotatable bonds is 6. The van der Waals surface area contributed by atoms with Gasteiger partial charge in [-0.3, -0.25) is 4.79 Å². The third kappa shape index (κ3) is 3.79. The second-order valence-electron chi connectivity index (χ2n) is 4.96. The van der Waals surface area contributed by atoms with E-state index in [1.807, 2.05) is 6.92 Å². The fourth-order valence-electron chi connectivity index (χ4n) is 2.24. The van der Waals surface area contributed by atoms with Gasteiger partial charge in [0.15, 0.2) is 16.6 Å². The molecule has 7 heteroatoms. The Kier molecular flexibility index (Phi) is 5.30. The quantitative estimate of drug-likeness (QED) is 0.642. The number of carbonyl (C=O) groups excluding carboxylic acids is 2. The first-order valence-electron chi connectivity index (χ1n) is 7.10. The van der Waals surface area contributed by atoms with Crippen LogP contribution in [-0.2, 0) is 9.47 Å². The molecule has 0 saturated carbocycles. The maximum Gasteiger partial charge on any atom is 0.358 e. The summed E-state index contributed by atoms with van der Waals surface area (Å²) in [7, 11) is 0. The Balaban J connectivity index is 2.14. The molecule has 1 aromatic rings. The van der Waals surface area contributed by atoms with E-state index in [1.54, 1.807) is 6.92 Å². The molecule has 0 aromatic carbocycles. The lowest BCUT2D eigenvalue weighted by Gasteiger charge is -2.19. The molecular weight excluding hydrogens is 292 g/mol. The van der Waals surface area contributed by atoms with Crippen LogP contribution in [0.25, 0.3) is 0 Å². The lowest BCUT2D eigenvalue weighted by atomic mass is 10.1. The molecule has 1 aromatic heterocycles. The molecule has 1 saturated heterocycles. The van der Waals surface area contributed by atoms with Crippen molar-refractivity contribution >= 4 is 28.2 Å². The topological polar surface area (TPSA) is 77.5 Å². The highest BCUT2D eigenvalue weighted by atomic mass is 32.1. The number of nitrogens with zero attached hydrogens (tertiary/aromatic N) is 1. The lowest BCUT2D eigenvalue weighted by Crippen LogP contribution is -2.29. The van der Waals surface area contributed by atoms with E-state index >= 15 is 0 Å². The Morgan fingerprint density at radius 2 is 2.33 bits per heavy atom. The summed E-state index contributed by atoms with van der Waals surface area (Å²) < 4.78 is 10.6. The van der Waals surface area contributed by atoms with E-state index in [-0.39, 0.29) is 30.2 Å². The van der Waals surface area contributed by atoms with Crippen molar-refractivity contribution in [2.24, 2.45) is 0 Å². The van der Waals surface area contributed by atoms with Gasteiger partial charge in [0, 0.05) is 13.5 Å². The molecule has 2 rings (SSSR count). The number of hydrogen-bond acceptors (Lipinski definition) is 7. The van der Waals surface area contributed by atoms with Gasteiger partial charge >= 0.3 is 5.97 Å². The minimum Gasteiger partial charge on any atom is -0.461 e. The van der Waals surface area contributed by atoms with Gasteiger partial charge in [0.25, 0.3) is 0 Å². The minimum absolute atomic E-state index is 0.0773. The first-order valence-corrected chi connectivity index (χ1v) is 7.91. The molecular formula is C14H20N2O4S. The molecule has 6 nitrogen and oxygen atoms in total. The highest BCUT2D eigenvalue weighted by Crippen LogP contribution is 2.26. The van der Waals surface area contributed by atoms with Gasteiger partial charge in [0.2, 0.25) is 0 Å². The van der Waals surface area contributed by atoms with Crippen LogP contribution in [0.4, 0.5) is 5.13 Å². The van der Waals surface area contributed by atoms with Gasteiger partial charge in [-0.25, -0.2) is 9.78 Å². The average Bonchev–Trinajstić information content (AvgIpc) is 3.07. The summed E-state index contributed by atoms with van der Waals surface area (Å²) in [5.74, 6) is -0.745. The molecule has 2 unspecified atom stereocenters. The Hall–Kier alpha value is -1.47. The molecule has 116 valence electrons. The van der Waals surface area contributed by atoms with E-state index < -0.39 is 5.97 Å². The number of ether oxygens (including phenoxy) is 2. The molecule has 21 heavy (non-hydrogen) atoms. The molecule has 1 fully saturated rings. The third-order valence-corrected chi connectivity index (χ3v) is 4.38. The molecule has 0 radical (unpaired) electrons. The number of ketones is 1. The maximum atomic E-state index is 11.8. The monoisotopic (exact) mass is 312 g/mol. The average molecular weight is 312 g/mol. The zero-order chi connectivity index (χ0) is 15.4. The Labute approximate surface area is 127 Å². The number of nitrogens with one attached hydrogen (secondary N) is 1. The molecule has 1 aliphatic rings. The van der Waals surface area contributed by atoms with E-state index in [0.717, 1.165) is 19.4 Å². The van der Waals surface area contributed by atoms with Crippen LogP contribution in [0.2, 0.25) is 0 Å². The second kappa shape index (κ2) is 7.00. The van der Waals surface area contributed by atoms with Crippen LogP contribution in [0.5, 0.6) is 0 Å². The van der Waals surface area contributed by atoms with E-state index in [4.69, 9.17) is 9.47 Å². The molecule has 2 atom stereocenters. The van der Waals surface area contributed by atoms with Crippen molar-refractivity contribution in [2.45, 2.75) is 45.8 Å². The van der Waals surface area contributed by atoms with Crippen molar-refractivity contribution in [1.82, 2.24) is 4.98 Å². The van der Waals surface area contributed by atoms with Crippen LogP contribution in [0.1, 0.15) is 53.8 Å². The summed E-state index contributed by atoms with van der Waals surface area (Å²) in [5.41, 5.74) is 0.0939. The Morgan fingerprint density at radius 3 is 2.90 bits per heavy atom. The fraction of sp³-hybridized carbons (Fsp3) is 0.643. The molecule has 0 spiro atoms. The molecule has 0 bridgehead atoms. The number of esters is 1. The number of Topliss-reactive ketones (excluding diaryl/α,β-unsaturated/α-hetero) is 1. The van der Waals surface area contributed by atoms with Crippen molar-refractivity contribution in [3.8, 4) is 0 Å². The summed E-state index contributed by atoms with van der Waals surface area (Å²) in [6, 6.07) is 0.0773. The van der Waals surface area contributed by atoms with Gasteiger partial charge in [0.1, 0.15) is 4.88 Å². The lowest BCUT2D eigenvalue weighted by molar-refractivity contribution is 0.0517. The van der Waals surface area contributed by atoms with Gasteiger partial charge in [0.05, 0.1) is 18.8 Å². The van der Waals surface area contributed by atoms with Gasteiger partial charge in [-0.05, 0) is 26.7 Å². The van der Waals surface area contributed by atoms with Crippen LogP contribution >= 0.6 is 11.3 Å². The number of hydrogen-bond donors (Lipinski definition) is 1. The smallest absolute Gasteiger partial charge is 0.358 e. The summed E-state index contributed by atoms with van der Waals surface area (Å²) in [5, 5.41) is 3.77. The fourth-order valence-corrected chi connectivity index (χ4v) is 3.19. The van der Waals surface area contributed by atoms with Gasteiger partial charge < -0.3 is 14.8 Å². The number of anilines is 1. The molecule has 0 aliphatic carbocycles. The second-order valence-corrected chi connectivity index (χ2v) is 5.96. The van der Waals surface area contributed by atoms with Gasteiger partial charge in [-0.1, -0.05) is 11.3 Å². The minimum atomic E-state index is -0.559. The summed E-state index contributed by atoms with van der Waals surface area (Å²) >= 11 is 1.18. The van der Waals surface area contributed by atoms with Gasteiger partial charge in [-0.2, -0.15) is 0 Å². The van der Waals surface area contributed by atoms with E-state index in [9.17, 15) is 9.59 Å². The predicted octanol–water partition coefficient (Wildman–Crippen LogP) is 2.50. The maximum absolute atomic E-state index is 11.8. The van der Waals surface area contributed by atoms with Crippen LogP contribution in [0.3, 0.4) is 0 Å². The van der Waals surface area contributed by atoms with Crippen molar-refractivity contribution in [3.05, 3.63) is 10.6 Å². The highest BCUT2D eigenvalue weighted by molar-refractivity contribution is 7.17. The predicted molar refractivity (Wildman–Crippen MR) is 80.1 cm³/mol. The van der Waals surface area contributed by atoms with Crippen molar-refractivity contribution in [2.75, 3.05) is 18.5 Å². The first kappa shape index (κ1) is 15.9. The SMILES string of the molecule is CCOC(=O)c1nc(NC(C)C2CCCO2)sc1C(C)=O. The van der Waals surface area contributed by atoms with E-state index in [0.29, 0.717) is 10.0 Å². The third-order valence-electron chi connectivity index (χ3n) is 3.29. The van der Waals surface area contributed by atoms with Gasteiger partial charge in [-0.15, -0.1) is 0 Å². The van der Waals surface area contributed by atoms with Crippen LogP contribution < -0.4 is 5.32 Å². The zero-order valence-electron chi connectivity index (χ0n) is 12.5. The molecule has 1 N–H and O–H groups in total. The number of aromatic nitrogens is 1. The largest absolute Gasteiger partial charge is 0.461 e. The number of carbonyl (C=O) groups is 2. The van der Waals surface area contributed by atoms with Crippen LogP contribution in [0, 0.1) is 0 Å². The van der Waals surface area contributed by atoms with Crippen molar-refractivity contribution in [3.63, 3.8) is 0 Å². The summed E-state index contributed by atoms with van der Waals surface area (Å²) in [6.45, 7) is 6.18. The number of thiazole rings is 1. The van der Waals surface area contributed by atoms with Crippen molar-refractivity contribution < 1.29 is 19.1 Å². The first-order chi connectivity index (χ1) is 10.0. The molecule has 1 aliphatic heterocycles. The Bertz CT molecular complexity index is 523. The molecule has 2 heterocycles. The van der Waals surface area contributed by atoms with Crippen LogP contribution in [-0.4, -0.2) is 42.1 Å².